The number of carbonyl (C=O) groups excluding carboxylic acids is 1. The largest absolute Gasteiger partial charge is 0.385 e. The van der Waals surface area contributed by atoms with Gasteiger partial charge in [0, 0.05) is 23.1 Å². The molecule has 3 aromatic rings. The molecule has 104 valence electrons. The molecule has 0 radical (unpaired) electrons. The smallest absolute Gasteiger partial charge is 0.227 e. The second-order valence-corrected chi connectivity index (χ2v) is 4.92. The van der Waals surface area contributed by atoms with Crippen molar-refractivity contribution in [2.45, 2.75) is 13.2 Å². The number of fused-ring (bicyclic) bond motifs is 1. The first-order valence-corrected chi connectivity index (χ1v) is 6.89. The maximum Gasteiger partial charge on any atom is 0.227 e. The van der Waals surface area contributed by atoms with Gasteiger partial charge in [-0.05, 0) is 12.1 Å². The van der Waals surface area contributed by atoms with Crippen molar-refractivity contribution in [1.82, 2.24) is 0 Å². The van der Waals surface area contributed by atoms with Gasteiger partial charge in [0.1, 0.15) is 6.61 Å². The summed E-state index contributed by atoms with van der Waals surface area (Å²) in [6.45, 7) is 0.133. The second kappa shape index (κ2) is 5.85. The summed E-state index contributed by atoms with van der Waals surface area (Å²) in [4.78, 5) is 12.4. The Morgan fingerprint density at radius 3 is 2.38 bits per heavy atom. The molecule has 0 saturated heterocycles. The molecule has 3 rings (SSSR count). The fourth-order valence-electron chi connectivity index (χ4n) is 2.49. The lowest BCUT2D eigenvalue weighted by molar-refractivity contribution is -0.666. The zero-order chi connectivity index (χ0) is 14.7. The second-order valence-electron chi connectivity index (χ2n) is 4.92. The van der Waals surface area contributed by atoms with Crippen LogP contribution in [0.4, 0.5) is 0 Å². The standard InChI is InChI=1S/C18H16NO2/c20-13-16-11-10-14-6-4-5-9-17(14)19(16)12-18(21)15-7-2-1-3-8-15/h1-11,20H,12-13H2/q+1. The van der Waals surface area contributed by atoms with Crippen LogP contribution < -0.4 is 4.57 Å². The van der Waals surface area contributed by atoms with Crippen LogP contribution in [0.1, 0.15) is 16.1 Å². The van der Waals surface area contributed by atoms with E-state index in [4.69, 9.17) is 0 Å². The summed E-state index contributed by atoms with van der Waals surface area (Å²) in [6.07, 6.45) is 0. The van der Waals surface area contributed by atoms with Crippen LogP contribution in [0, 0.1) is 0 Å². The topological polar surface area (TPSA) is 41.2 Å². The van der Waals surface area contributed by atoms with Crippen LogP contribution in [0.15, 0.2) is 66.7 Å². The van der Waals surface area contributed by atoms with Crippen LogP contribution >= 0.6 is 0 Å². The van der Waals surface area contributed by atoms with Gasteiger partial charge in [-0.3, -0.25) is 4.79 Å². The molecular formula is C18H16NO2+. The number of hydrogen-bond acceptors (Lipinski definition) is 2. The van der Waals surface area contributed by atoms with Gasteiger partial charge in [-0.15, -0.1) is 0 Å². The average molecular weight is 278 g/mol. The van der Waals surface area contributed by atoms with E-state index < -0.39 is 0 Å². The van der Waals surface area contributed by atoms with Gasteiger partial charge < -0.3 is 5.11 Å². The van der Waals surface area contributed by atoms with Crippen molar-refractivity contribution in [3.8, 4) is 0 Å². The molecule has 1 aromatic heterocycles. The van der Waals surface area contributed by atoms with Gasteiger partial charge in [0.25, 0.3) is 0 Å². The molecule has 0 aliphatic carbocycles. The lowest BCUT2D eigenvalue weighted by atomic mass is 10.1. The van der Waals surface area contributed by atoms with Crippen LogP contribution in [0.2, 0.25) is 0 Å². The first-order chi connectivity index (χ1) is 10.3. The highest BCUT2D eigenvalue weighted by Crippen LogP contribution is 2.11. The van der Waals surface area contributed by atoms with Crippen molar-refractivity contribution < 1.29 is 14.5 Å². The van der Waals surface area contributed by atoms with E-state index in [0.29, 0.717) is 5.56 Å². The summed E-state index contributed by atoms with van der Waals surface area (Å²) in [5.74, 6) is 0.0339. The van der Waals surface area contributed by atoms with Crippen molar-refractivity contribution in [2.24, 2.45) is 0 Å². The van der Waals surface area contributed by atoms with E-state index in [0.717, 1.165) is 16.6 Å². The maximum absolute atomic E-state index is 12.4. The van der Waals surface area contributed by atoms with Crippen molar-refractivity contribution >= 4 is 16.7 Å². The molecule has 1 heterocycles. The van der Waals surface area contributed by atoms with E-state index in [2.05, 4.69) is 0 Å². The Morgan fingerprint density at radius 2 is 1.62 bits per heavy atom. The molecule has 1 N–H and O–H groups in total. The predicted molar refractivity (Wildman–Crippen MR) is 80.8 cm³/mol. The van der Waals surface area contributed by atoms with Crippen molar-refractivity contribution in [2.75, 3.05) is 0 Å². The fraction of sp³-hybridized carbons (Fsp3) is 0.111. The molecule has 2 aromatic carbocycles. The molecular weight excluding hydrogens is 262 g/mol. The van der Waals surface area contributed by atoms with Crippen LogP contribution in [-0.2, 0) is 13.2 Å². The van der Waals surface area contributed by atoms with Gasteiger partial charge >= 0.3 is 0 Å². The van der Waals surface area contributed by atoms with E-state index in [1.807, 2.05) is 71.3 Å². The summed E-state index contributed by atoms with van der Waals surface area (Å²) in [7, 11) is 0. The van der Waals surface area contributed by atoms with Crippen LogP contribution in [0.3, 0.4) is 0 Å². The highest BCUT2D eigenvalue weighted by atomic mass is 16.3. The molecule has 0 fully saturated rings. The number of Topliss-reactive ketones (excluding diaryl/α,β-unsaturated/α-hetero) is 1. The minimum Gasteiger partial charge on any atom is -0.385 e. The van der Waals surface area contributed by atoms with Gasteiger partial charge in [0.2, 0.25) is 23.5 Å². The molecule has 0 aliphatic heterocycles. The molecule has 0 atom stereocenters. The monoisotopic (exact) mass is 278 g/mol. The molecule has 0 spiro atoms. The molecule has 0 saturated carbocycles. The number of nitrogens with zero attached hydrogens (tertiary/aromatic N) is 1. The Kier molecular flexibility index (Phi) is 3.75. The number of rotatable bonds is 4. The summed E-state index contributed by atoms with van der Waals surface area (Å²) < 4.78 is 1.88. The Labute approximate surface area is 123 Å². The van der Waals surface area contributed by atoms with Crippen molar-refractivity contribution in [3.63, 3.8) is 0 Å². The SMILES string of the molecule is O=C(C[n+]1c(CO)ccc2ccccc21)c1ccccc1. The van der Waals surface area contributed by atoms with Crippen LogP contribution in [-0.4, -0.2) is 10.9 Å². The highest BCUT2D eigenvalue weighted by molar-refractivity contribution is 5.95. The summed E-state index contributed by atoms with van der Waals surface area (Å²) in [6, 6.07) is 20.9. The van der Waals surface area contributed by atoms with E-state index in [-0.39, 0.29) is 18.9 Å². The highest BCUT2D eigenvalue weighted by Gasteiger charge is 2.19. The number of ketones is 1. The fourth-order valence-corrected chi connectivity index (χ4v) is 2.49. The Hall–Kier alpha value is -2.52. The van der Waals surface area contributed by atoms with Crippen molar-refractivity contribution in [1.29, 1.82) is 0 Å². The quantitative estimate of drug-likeness (QED) is 0.588. The number of aliphatic hydroxyl groups excluding tert-OH is 1. The Balaban J connectivity index is 2.05. The average Bonchev–Trinajstić information content (AvgIpc) is 2.56. The zero-order valence-corrected chi connectivity index (χ0v) is 11.6. The molecule has 0 amide bonds. The van der Waals surface area contributed by atoms with Gasteiger partial charge in [-0.25, -0.2) is 0 Å². The molecule has 0 bridgehead atoms. The molecule has 3 heteroatoms. The number of benzene rings is 2. The predicted octanol–water partition coefficient (Wildman–Crippen LogP) is 2.50. The minimum atomic E-state index is -0.0904. The first kappa shape index (κ1) is 13.5. The summed E-state index contributed by atoms with van der Waals surface area (Å²) >= 11 is 0. The Bertz CT molecular complexity index is 782. The Morgan fingerprint density at radius 1 is 0.905 bits per heavy atom. The first-order valence-electron chi connectivity index (χ1n) is 6.89. The normalized spacial score (nSPS) is 10.7. The lowest BCUT2D eigenvalue weighted by Gasteiger charge is -2.05. The van der Waals surface area contributed by atoms with E-state index in [1.54, 1.807) is 0 Å². The molecule has 0 aliphatic rings. The molecule has 3 nitrogen and oxygen atoms in total. The molecule has 0 unspecified atom stereocenters. The van der Waals surface area contributed by atoms with E-state index >= 15 is 0 Å². The van der Waals surface area contributed by atoms with Gasteiger partial charge in [-0.2, -0.15) is 4.57 Å². The summed E-state index contributed by atoms with van der Waals surface area (Å²) in [5.41, 5.74) is 2.37. The number of hydrogen-bond donors (Lipinski definition) is 1. The van der Waals surface area contributed by atoms with Gasteiger partial charge in [0.15, 0.2) is 0 Å². The van der Waals surface area contributed by atoms with Crippen LogP contribution in [0.25, 0.3) is 10.9 Å². The van der Waals surface area contributed by atoms with E-state index in [9.17, 15) is 9.90 Å². The third kappa shape index (κ3) is 2.69. The maximum atomic E-state index is 12.4. The number of aromatic nitrogens is 1. The molecule has 21 heavy (non-hydrogen) atoms. The van der Waals surface area contributed by atoms with Gasteiger partial charge in [0.05, 0.1) is 0 Å². The minimum absolute atomic E-state index is 0.0339. The number of aliphatic hydroxyl groups is 1. The number of para-hydroxylation sites is 1. The summed E-state index contributed by atoms with van der Waals surface area (Å²) in [5, 5.41) is 10.6. The third-order valence-corrected chi connectivity index (χ3v) is 3.59. The number of carbonyl (C=O) groups is 1. The van der Waals surface area contributed by atoms with E-state index in [1.165, 1.54) is 0 Å². The van der Waals surface area contributed by atoms with Gasteiger partial charge in [-0.1, -0.05) is 42.5 Å². The third-order valence-electron chi connectivity index (χ3n) is 3.59. The zero-order valence-electron chi connectivity index (χ0n) is 11.6. The lowest BCUT2D eigenvalue weighted by Crippen LogP contribution is -2.42. The van der Waals surface area contributed by atoms with Crippen LogP contribution in [0.5, 0.6) is 0 Å². The number of pyridine rings is 1. The van der Waals surface area contributed by atoms with Crippen molar-refractivity contribution in [3.05, 3.63) is 78.0 Å².